The normalized spacial score (nSPS) is 11.4. The first kappa shape index (κ1) is 12.0. The van der Waals surface area contributed by atoms with Crippen LogP contribution in [0.2, 0.25) is 0 Å². The number of hydrogen-bond acceptors (Lipinski definition) is 5. The van der Waals surface area contributed by atoms with Crippen molar-refractivity contribution in [3.8, 4) is 5.75 Å². The third-order valence-electron chi connectivity index (χ3n) is 2.83. The van der Waals surface area contributed by atoms with Crippen molar-refractivity contribution in [2.75, 3.05) is 0 Å². The molecule has 0 bridgehead atoms. The number of aromatic nitrogens is 2. The second-order valence-electron chi connectivity index (χ2n) is 4.03. The zero-order valence-electron chi connectivity index (χ0n) is 10.2. The van der Waals surface area contributed by atoms with Crippen molar-refractivity contribution in [2.45, 2.75) is 0 Å². The molecule has 1 aromatic carbocycles. The van der Waals surface area contributed by atoms with E-state index in [4.69, 9.17) is 5.73 Å². The molecule has 7 nitrogen and oxygen atoms in total. The van der Waals surface area contributed by atoms with Gasteiger partial charge in [-0.15, -0.1) is 5.11 Å². The molecule has 0 aliphatic carbocycles. The Bertz CT molecular complexity index is 860. The van der Waals surface area contributed by atoms with E-state index in [0.29, 0.717) is 11.0 Å². The lowest BCUT2D eigenvalue weighted by molar-refractivity contribution is 0.255. The Morgan fingerprint density at radius 2 is 1.70 bits per heavy atom. The molecule has 98 valence electrons. The van der Waals surface area contributed by atoms with Gasteiger partial charge in [-0.2, -0.15) is 0 Å². The molecule has 3 N–H and O–H groups in total. The highest BCUT2D eigenvalue weighted by atomic mass is 16.3. The molecular formula is C13H9N5O2. The molecule has 0 aliphatic heterocycles. The van der Waals surface area contributed by atoms with Gasteiger partial charge in [-0.1, -0.05) is 17.2 Å². The Morgan fingerprint density at radius 3 is 2.35 bits per heavy atom. The van der Waals surface area contributed by atoms with Crippen LogP contribution < -0.4 is 5.73 Å². The quantitative estimate of drug-likeness (QED) is 0.521. The topological polar surface area (TPSA) is 114 Å². The van der Waals surface area contributed by atoms with E-state index in [0.717, 1.165) is 10.8 Å². The van der Waals surface area contributed by atoms with Crippen molar-refractivity contribution < 1.29 is 9.90 Å². The molecule has 0 aliphatic rings. The molecule has 0 unspecified atom stereocenters. The number of aromatic hydroxyl groups is 1. The number of nitrogens with zero attached hydrogens (tertiary/aromatic N) is 4. The fraction of sp³-hybridized carbons (Fsp3) is 0. The number of urea groups is 1. The van der Waals surface area contributed by atoms with Gasteiger partial charge in [0.15, 0.2) is 11.4 Å². The van der Waals surface area contributed by atoms with Crippen molar-refractivity contribution in [3.63, 3.8) is 0 Å². The molecule has 0 spiro atoms. The van der Waals surface area contributed by atoms with Gasteiger partial charge >= 0.3 is 6.03 Å². The number of hydrogen-bond donors (Lipinski definition) is 2. The molecule has 3 aromatic rings. The van der Waals surface area contributed by atoms with Gasteiger partial charge in [0.1, 0.15) is 11.0 Å². The number of azo groups is 1. The Morgan fingerprint density at radius 1 is 1.10 bits per heavy atom. The third-order valence-corrected chi connectivity index (χ3v) is 2.83. The van der Waals surface area contributed by atoms with Gasteiger partial charge in [0, 0.05) is 23.2 Å². The van der Waals surface area contributed by atoms with E-state index in [1.165, 1.54) is 0 Å². The molecule has 2 heterocycles. The summed E-state index contributed by atoms with van der Waals surface area (Å²) in [4.78, 5) is 19.0. The summed E-state index contributed by atoms with van der Waals surface area (Å²) in [7, 11) is 0. The first-order valence-electron chi connectivity index (χ1n) is 5.74. The predicted octanol–water partition coefficient (Wildman–Crippen LogP) is 2.65. The molecule has 3 rings (SSSR count). The molecule has 20 heavy (non-hydrogen) atoms. The second kappa shape index (κ2) is 4.54. The molecule has 0 atom stereocenters. The Balaban J connectivity index is 2.47. The highest BCUT2D eigenvalue weighted by molar-refractivity contribution is 6.13. The van der Waals surface area contributed by atoms with Crippen LogP contribution in [0.25, 0.3) is 21.8 Å². The predicted molar refractivity (Wildman–Crippen MR) is 72.8 cm³/mol. The minimum atomic E-state index is -0.949. The molecule has 0 fully saturated rings. The van der Waals surface area contributed by atoms with Crippen molar-refractivity contribution in [2.24, 2.45) is 16.0 Å². The van der Waals surface area contributed by atoms with Crippen LogP contribution in [0.4, 0.5) is 10.5 Å². The number of primary amides is 1. The Labute approximate surface area is 112 Å². The molecule has 2 amide bonds. The van der Waals surface area contributed by atoms with Crippen molar-refractivity contribution in [1.82, 2.24) is 9.97 Å². The maximum Gasteiger partial charge on any atom is 0.356 e. The molecule has 2 aromatic heterocycles. The number of carbonyl (C=O) groups excluding carboxylic acids is 1. The number of carbonyl (C=O) groups is 1. The molecule has 0 saturated heterocycles. The van der Waals surface area contributed by atoms with Gasteiger partial charge < -0.3 is 10.8 Å². The van der Waals surface area contributed by atoms with E-state index < -0.39 is 6.03 Å². The van der Waals surface area contributed by atoms with E-state index in [2.05, 4.69) is 20.2 Å². The van der Waals surface area contributed by atoms with Crippen molar-refractivity contribution >= 4 is 33.5 Å². The summed E-state index contributed by atoms with van der Waals surface area (Å²) in [5.74, 6) is -0.184. The maximum absolute atomic E-state index is 10.7. The first-order chi connectivity index (χ1) is 9.68. The van der Waals surface area contributed by atoms with Crippen LogP contribution in [0.15, 0.2) is 46.9 Å². The van der Waals surface area contributed by atoms with Crippen LogP contribution in [0.1, 0.15) is 0 Å². The van der Waals surface area contributed by atoms with Crippen LogP contribution in [-0.4, -0.2) is 21.1 Å². The van der Waals surface area contributed by atoms with Crippen LogP contribution in [0, 0.1) is 0 Å². The summed E-state index contributed by atoms with van der Waals surface area (Å²) < 4.78 is 0. The summed E-state index contributed by atoms with van der Waals surface area (Å²) >= 11 is 0. The van der Waals surface area contributed by atoms with Gasteiger partial charge in [0.05, 0.1) is 0 Å². The van der Waals surface area contributed by atoms with E-state index in [1.54, 1.807) is 24.5 Å². The van der Waals surface area contributed by atoms with Crippen molar-refractivity contribution in [1.29, 1.82) is 0 Å². The third kappa shape index (κ3) is 1.81. The largest absolute Gasteiger partial charge is 0.504 e. The number of nitrogens with two attached hydrogens (primary N) is 1. The summed E-state index contributed by atoms with van der Waals surface area (Å²) in [5.41, 5.74) is 5.80. The fourth-order valence-corrected chi connectivity index (χ4v) is 2.04. The lowest BCUT2D eigenvalue weighted by atomic mass is 10.1. The van der Waals surface area contributed by atoms with Crippen LogP contribution >= 0.6 is 0 Å². The van der Waals surface area contributed by atoms with Gasteiger partial charge in [0.25, 0.3) is 0 Å². The fourth-order valence-electron chi connectivity index (χ4n) is 2.04. The minimum Gasteiger partial charge on any atom is -0.504 e. The monoisotopic (exact) mass is 267 g/mol. The van der Waals surface area contributed by atoms with Gasteiger partial charge in [-0.25, -0.2) is 4.79 Å². The number of benzene rings is 1. The van der Waals surface area contributed by atoms with Crippen LogP contribution in [-0.2, 0) is 0 Å². The van der Waals surface area contributed by atoms with E-state index in [1.807, 2.05) is 12.1 Å². The smallest absolute Gasteiger partial charge is 0.356 e. The number of rotatable bonds is 1. The average Bonchev–Trinajstić information content (AvgIpc) is 2.47. The Kier molecular flexibility index (Phi) is 2.72. The SMILES string of the molecule is NC(=O)N=Nc1c(O)c2ncccc2c2cccnc12. The molecule has 0 radical (unpaired) electrons. The average molecular weight is 267 g/mol. The van der Waals surface area contributed by atoms with E-state index >= 15 is 0 Å². The van der Waals surface area contributed by atoms with E-state index in [9.17, 15) is 9.90 Å². The number of phenolic OH excluding ortho intramolecular Hbond substituents is 1. The summed E-state index contributed by atoms with van der Waals surface area (Å²) in [5, 5.41) is 18.7. The lowest BCUT2D eigenvalue weighted by Crippen LogP contribution is -2.02. The van der Waals surface area contributed by atoms with E-state index in [-0.39, 0.29) is 11.4 Å². The number of amides is 2. The van der Waals surface area contributed by atoms with Crippen LogP contribution in [0.3, 0.4) is 0 Å². The lowest BCUT2D eigenvalue weighted by Gasteiger charge is -2.07. The van der Waals surface area contributed by atoms with Gasteiger partial charge in [-0.3, -0.25) is 9.97 Å². The summed E-state index contributed by atoms with van der Waals surface area (Å²) in [6.45, 7) is 0. The molecule has 0 saturated carbocycles. The number of phenols is 1. The molecule has 7 heteroatoms. The highest BCUT2D eigenvalue weighted by Gasteiger charge is 2.15. The number of pyridine rings is 2. The van der Waals surface area contributed by atoms with Crippen molar-refractivity contribution in [3.05, 3.63) is 36.7 Å². The summed E-state index contributed by atoms with van der Waals surface area (Å²) in [6, 6.07) is 6.23. The standard InChI is InChI=1S/C13H9N5O2/c14-13(20)18-17-11-9-7(3-1-5-15-9)8-4-2-6-16-10(8)12(11)19/h1-6,19H,(H2,14,20). The minimum absolute atomic E-state index is 0.0746. The zero-order chi connectivity index (χ0) is 14.1. The Hall–Kier alpha value is -3.09. The van der Waals surface area contributed by atoms with Gasteiger partial charge in [0.2, 0.25) is 0 Å². The van der Waals surface area contributed by atoms with Crippen LogP contribution in [0.5, 0.6) is 5.75 Å². The zero-order valence-corrected chi connectivity index (χ0v) is 10.2. The second-order valence-corrected chi connectivity index (χ2v) is 4.03. The molecular weight excluding hydrogens is 258 g/mol. The number of fused-ring (bicyclic) bond motifs is 3. The van der Waals surface area contributed by atoms with Gasteiger partial charge in [-0.05, 0) is 12.1 Å². The maximum atomic E-state index is 10.7. The first-order valence-corrected chi connectivity index (χ1v) is 5.74. The summed E-state index contributed by atoms with van der Waals surface area (Å²) in [6.07, 6.45) is 3.12. The highest BCUT2D eigenvalue weighted by Crippen LogP contribution is 2.40.